The summed E-state index contributed by atoms with van der Waals surface area (Å²) in [4.78, 5) is 1.38. The predicted molar refractivity (Wildman–Crippen MR) is 115 cm³/mol. The fourth-order valence-electron chi connectivity index (χ4n) is 5.02. The van der Waals surface area contributed by atoms with Gasteiger partial charge in [-0.3, -0.25) is 0 Å². The van der Waals surface area contributed by atoms with Gasteiger partial charge in [0.05, 0.1) is 34.4 Å². The highest BCUT2D eigenvalue weighted by Crippen LogP contribution is 2.59. The molecule has 4 atom stereocenters. The first-order valence-electron chi connectivity index (χ1n) is 11.0. The van der Waals surface area contributed by atoms with Crippen molar-refractivity contribution in [1.82, 2.24) is 0 Å². The number of allylic oxidation sites excluding steroid dienone is 1. The normalized spacial score (nSPS) is 24.6. The fraction of sp³-hybridized carbons (Fsp3) is 0.667. The molecule has 3 aliphatic carbocycles. The minimum Gasteiger partial charge on any atom is -0.497 e. The third kappa shape index (κ3) is 5.21. The molecular formula is C24H40N2O3+2. The standard InChI is InChI=1S/C24H38N2O3/c1-24(2)19-9-6-18(22(24)12-19)15-29-16-20(27)13-25-14-23(26(3)4)17-7-10-21(28-5)11-8-17/h6-8,10-11,19-20,22-23,25,27H,9,12-16H2,1-5H3/p+2/t19-,20+,22-,23+/m1/s1. The Labute approximate surface area is 176 Å². The third-order valence-electron chi connectivity index (χ3n) is 7.22. The van der Waals surface area contributed by atoms with Gasteiger partial charge in [-0.1, -0.05) is 19.9 Å². The van der Waals surface area contributed by atoms with Crippen molar-refractivity contribution in [2.45, 2.75) is 38.8 Å². The predicted octanol–water partition coefficient (Wildman–Crippen LogP) is 0.814. The van der Waals surface area contributed by atoms with Crippen LogP contribution in [0.1, 0.15) is 38.3 Å². The summed E-state index contributed by atoms with van der Waals surface area (Å²) >= 11 is 0. The Bertz CT molecular complexity index is 684. The van der Waals surface area contributed by atoms with Crippen molar-refractivity contribution in [3.63, 3.8) is 0 Å². The molecule has 4 rings (SSSR count). The zero-order chi connectivity index (χ0) is 21.0. The molecule has 3 aliphatic rings. The number of quaternary nitrogens is 2. The highest BCUT2D eigenvalue weighted by Gasteiger charge is 2.50. The number of benzene rings is 1. The quantitative estimate of drug-likeness (QED) is 0.479. The molecule has 0 saturated heterocycles. The summed E-state index contributed by atoms with van der Waals surface area (Å²) < 4.78 is 11.1. The van der Waals surface area contributed by atoms with Gasteiger partial charge >= 0.3 is 0 Å². The maximum absolute atomic E-state index is 10.3. The van der Waals surface area contributed by atoms with Gasteiger partial charge in [-0.2, -0.15) is 0 Å². The molecular weight excluding hydrogens is 364 g/mol. The highest BCUT2D eigenvalue weighted by molar-refractivity contribution is 5.28. The molecule has 4 N–H and O–H groups in total. The number of nitrogens with one attached hydrogen (secondary N) is 1. The first-order chi connectivity index (χ1) is 13.8. The maximum Gasteiger partial charge on any atom is 0.162 e. The van der Waals surface area contributed by atoms with Gasteiger partial charge in [0.15, 0.2) is 6.04 Å². The van der Waals surface area contributed by atoms with Crippen LogP contribution in [0.4, 0.5) is 0 Å². The average molecular weight is 405 g/mol. The van der Waals surface area contributed by atoms with Gasteiger partial charge in [0.1, 0.15) is 24.9 Å². The molecule has 5 heteroatoms. The number of hydrogen-bond donors (Lipinski definition) is 3. The molecule has 1 aromatic rings. The van der Waals surface area contributed by atoms with E-state index in [2.05, 4.69) is 51.5 Å². The van der Waals surface area contributed by atoms with Crippen LogP contribution in [0.2, 0.25) is 0 Å². The Balaban J connectivity index is 1.38. The minimum absolute atomic E-state index is 0.371. The van der Waals surface area contributed by atoms with E-state index >= 15 is 0 Å². The summed E-state index contributed by atoms with van der Waals surface area (Å²) in [5, 5.41) is 12.6. The molecule has 0 unspecified atom stereocenters. The van der Waals surface area contributed by atoms with Crippen molar-refractivity contribution in [1.29, 1.82) is 0 Å². The van der Waals surface area contributed by atoms with Gasteiger partial charge in [-0.15, -0.1) is 0 Å². The summed E-state index contributed by atoms with van der Waals surface area (Å²) in [6.45, 7) is 7.44. The van der Waals surface area contributed by atoms with E-state index in [0.717, 1.165) is 18.2 Å². The van der Waals surface area contributed by atoms with Crippen LogP contribution in [0, 0.1) is 17.3 Å². The second kappa shape index (κ2) is 9.61. The number of fused-ring (bicyclic) bond motifs is 1. The number of rotatable bonds is 11. The van der Waals surface area contributed by atoms with Gasteiger partial charge in [0.25, 0.3) is 0 Å². The molecule has 1 fully saturated rings. The monoisotopic (exact) mass is 404 g/mol. The number of nitrogens with two attached hydrogens (primary N) is 1. The van der Waals surface area contributed by atoms with Crippen molar-refractivity contribution >= 4 is 0 Å². The van der Waals surface area contributed by atoms with Crippen molar-refractivity contribution in [3.8, 4) is 5.75 Å². The molecule has 0 radical (unpaired) electrons. The lowest BCUT2D eigenvalue weighted by molar-refractivity contribution is -0.909. The lowest BCUT2D eigenvalue weighted by Gasteiger charge is -2.56. The van der Waals surface area contributed by atoms with E-state index in [1.54, 1.807) is 7.11 Å². The van der Waals surface area contributed by atoms with Crippen LogP contribution in [0.3, 0.4) is 0 Å². The number of hydrogen-bond acceptors (Lipinski definition) is 3. The van der Waals surface area contributed by atoms with Crippen molar-refractivity contribution in [3.05, 3.63) is 41.5 Å². The number of aliphatic hydroxyl groups excluding tert-OH is 1. The number of ether oxygens (including phenoxy) is 2. The summed E-state index contributed by atoms with van der Waals surface area (Å²) in [5.74, 6) is 2.42. The van der Waals surface area contributed by atoms with E-state index in [0.29, 0.717) is 37.1 Å². The average Bonchev–Trinajstić information content (AvgIpc) is 2.71. The smallest absolute Gasteiger partial charge is 0.162 e. The largest absolute Gasteiger partial charge is 0.497 e. The van der Waals surface area contributed by atoms with Crippen LogP contribution in [-0.4, -0.2) is 58.7 Å². The number of methoxy groups -OCH3 is 1. The van der Waals surface area contributed by atoms with Crippen LogP contribution in [-0.2, 0) is 4.74 Å². The minimum atomic E-state index is -0.435. The Hall–Kier alpha value is -1.40. The second-order valence-corrected chi connectivity index (χ2v) is 9.65. The third-order valence-corrected chi connectivity index (χ3v) is 7.22. The van der Waals surface area contributed by atoms with Crippen LogP contribution >= 0.6 is 0 Å². The van der Waals surface area contributed by atoms with Crippen molar-refractivity contribution < 1.29 is 24.8 Å². The van der Waals surface area contributed by atoms with Crippen LogP contribution < -0.4 is 15.0 Å². The van der Waals surface area contributed by atoms with Crippen LogP contribution in [0.25, 0.3) is 0 Å². The van der Waals surface area contributed by atoms with E-state index in [1.807, 2.05) is 12.1 Å². The highest BCUT2D eigenvalue weighted by atomic mass is 16.5. The zero-order valence-corrected chi connectivity index (χ0v) is 18.8. The lowest BCUT2D eigenvalue weighted by Crippen LogP contribution is -3.09. The molecule has 5 nitrogen and oxygen atoms in total. The Morgan fingerprint density at radius 2 is 1.93 bits per heavy atom. The zero-order valence-electron chi connectivity index (χ0n) is 18.8. The summed E-state index contributed by atoms with van der Waals surface area (Å²) in [6, 6.07) is 8.66. The molecule has 162 valence electrons. The van der Waals surface area contributed by atoms with Gasteiger partial charge in [0.2, 0.25) is 0 Å². The lowest BCUT2D eigenvalue weighted by atomic mass is 9.49. The van der Waals surface area contributed by atoms with Gasteiger partial charge in [0, 0.05) is 5.56 Å². The molecule has 0 heterocycles. The van der Waals surface area contributed by atoms with Crippen molar-refractivity contribution in [2.75, 3.05) is 47.5 Å². The summed E-state index contributed by atoms with van der Waals surface area (Å²) in [7, 11) is 6.04. The molecule has 0 spiro atoms. The molecule has 29 heavy (non-hydrogen) atoms. The molecule has 1 saturated carbocycles. The fourth-order valence-corrected chi connectivity index (χ4v) is 5.02. The first-order valence-corrected chi connectivity index (χ1v) is 11.0. The molecule has 0 aliphatic heterocycles. The second-order valence-electron chi connectivity index (χ2n) is 9.65. The van der Waals surface area contributed by atoms with Gasteiger partial charge in [-0.05, 0) is 59.9 Å². The SMILES string of the molecule is COc1ccc([C@H](C[NH2+]C[C@H](O)COCC2=CC[C@@H]3C[C@H]2C3(C)C)[NH+](C)C)cc1. The van der Waals surface area contributed by atoms with Crippen LogP contribution in [0.15, 0.2) is 35.9 Å². The first kappa shape index (κ1) is 22.3. The van der Waals surface area contributed by atoms with E-state index in [4.69, 9.17) is 9.47 Å². The molecule has 2 bridgehead atoms. The molecule has 1 aromatic carbocycles. The summed E-state index contributed by atoms with van der Waals surface area (Å²) in [5.41, 5.74) is 3.17. The van der Waals surface area contributed by atoms with E-state index < -0.39 is 6.10 Å². The number of aliphatic hydroxyl groups is 1. The van der Waals surface area contributed by atoms with E-state index in [9.17, 15) is 5.11 Å². The maximum atomic E-state index is 10.3. The molecule has 0 amide bonds. The molecule has 0 aromatic heterocycles. The van der Waals surface area contributed by atoms with Crippen LogP contribution in [0.5, 0.6) is 5.75 Å². The van der Waals surface area contributed by atoms with Crippen molar-refractivity contribution in [2.24, 2.45) is 17.3 Å². The van der Waals surface area contributed by atoms with E-state index in [-0.39, 0.29) is 0 Å². The summed E-state index contributed by atoms with van der Waals surface area (Å²) in [6.07, 6.45) is 4.45. The Kier molecular flexibility index (Phi) is 7.38. The van der Waals surface area contributed by atoms with Gasteiger partial charge in [-0.25, -0.2) is 0 Å². The van der Waals surface area contributed by atoms with Gasteiger partial charge < -0.3 is 24.8 Å². The van der Waals surface area contributed by atoms with E-state index in [1.165, 1.54) is 28.9 Å². The number of likely N-dealkylation sites (N-methyl/N-ethyl adjacent to an activating group) is 1. The topological polar surface area (TPSA) is 59.7 Å². The Morgan fingerprint density at radius 3 is 2.52 bits per heavy atom. The Morgan fingerprint density at radius 1 is 1.21 bits per heavy atom.